The van der Waals surface area contributed by atoms with Crippen LogP contribution < -0.4 is 0 Å². The summed E-state index contributed by atoms with van der Waals surface area (Å²) in [5.74, 6) is 0.907. The van der Waals surface area contributed by atoms with Crippen molar-refractivity contribution in [1.82, 2.24) is 9.97 Å². The second-order valence-electron chi connectivity index (χ2n) is 3.71. The number of hydrogen-bond donors (Lipinski definition) is 1. The molecule has 0 aliphatic heterocycles. The fourth-order valence-electron chi connectivity index (χ4n) is 1.66. The number of unbranched alkanes of at least 4 members (excludes halogenated alkanes) is 1. The first-order chi connectivity index (χ1) is 7.75. The molecule has 0 saturated carbocycles. The summed E-state index contributed by atoms with van der Waals surface area (Å²) in [6, 6.07) is 7.83. The van der Waals surface area contributed by atoms with Crippen molar-refractivity contribution in [1.29, 1.82) is 0 Å². The number of para-hydroxylation sites is 2. The van der Waals surface area contributed by atoms with Crippen LogP contribution >= 0.6 is 0 Å². The van der Waals surface area contributed by atoms with Crippen molar-refractivity contribution in [2.45, 2.75) is 19.3 Å². The van der Waals surface area contributed by atoms with Gasteiger partial charge in [0, 0.05) is 17.8 Å². The van der Waals surface area contributed by atoms with E-state index in [0.29, 0.717) is 6.42 Å². The number of benzene rings is 1. The number of imidazole rings is 1. The SMILES string of the molecule is O=[N+]([O-])CCCCc1nc2ccccc2[nH]1. The van der Waals surface area contributed by atoms with Crippen molar-refractivity contribution in [2.75, 3.05) is 6.54 Å². The summed E-state index contributed by atoms with van der Waals surface area (Å²) in [6.45, 7) is 0.0419. The minimum atomic E-state index is -0.279. The number of nitrogens with one attached hydrogen (secondary N) is 1. The molecular weight excluding hydrogens is 206 g/mol. The third-order valence-corrected chi connectivity index (χ3v) is 2.44. The lowest BCUT2D eigenvalue weighted by Gasteiger charge is -1.93. The molecule has 1 aromatic carbocycles. The van der Waals surface area contributed by atoms with Crippen molar-refractivity contribution >= 4 is 11.0 Å². The third kappa shape index (κ3) is 2.56. The number of nitrogens with zero attached hydrogens (tertiary/aromatic N) is 2. The summed E-state index contributed by atoms with van der Waals surface area (Å²) in [5.41, 5.74) is 1.97. The monoisotopic (exact) mass is 219 g/mol. The van der Waals surface area contributed by atoms with Crippen molar-refractivity contribution in [3.63, 3.8) is 0 Å². The van der Waals surface area contributed by atoms with E-state index in [1.54, 1.807) is 0 Å². The number of rotatable bonds is 5. The first-order valence-corrected chi connectivity index (χ1v) is 5.31. The highest BCUT2D eigenvalue weighted by atomic mass is 16.6. The van der Waals surface area contributed by atoms with Gasteiger partial charge in [-0.3, -0.25) is 10.1 Å². The molecule has 16 heavy (non-hydrogen) atoms. The standard InChI is InChI=1S/C11H13N3O2/c15-14(16)8-4-3-7-11-12-9-5-1-2-6-10(9)13-11/h1-2,5-6H,3-4,7-8H2,(H,12,13). The molecule has 0 saturated heterocycles. The Balaban J connectivity index is 1.92. The molecule has 0 spiro atoms. The molecule has 0 bridgehead atoms. The second-order valence-corrected chi connectivity index (χ2v) is 3.71. The molecule has 0 aliphatic carbocycles. The Morgan fingerprint density at radius 3 is 2.88 bits per heavy atom. The van der Waals surface area contributed by atoms with E-state index < -0.39 is 0 Å². The predicted molar refractivity (Wildman–Crippen MR) is 60.9 cm³/mol. The zero-order valence-corrected chi connectivity index (χ0v) is 8.85. The Hall–Kier alpha value is -1.91. The molecule has 1 aromatic heterocycles. The highest BCUT2D eigenvalue weighted by Crippen LogP contribution is 2.11. The maximum Gasteiger partial charge on any atom is 0.203 e. The maximum atomic E-state index is 10.1. The Morgan fingerprint density at radius 2 is 2.12 bits per heavy atom. The third-order valence-electron chi connectivity index (χ3n) is 2.44. The van der Waals surface area contributed by atoms with E-state index in [9.17, 15) is 10.1 Å². The van der Waals surface area contributed by atoms with E-state index in [0.717, 1.165) is 29.7 Å². The lowest BCUT2D eigenvalue weighted by molar-refractivity contribution is -0.480. The Morgan fingerprint density at radius 1 is 1.31 bits per heavy atom. The van der Waals surface area contributed by atoms with Crippen LogP contribution in [-0.4, -0.2) is 21.4 Å². The molecule has 0 aliphatic rings. The minimum Gasteiger partial charge on any atom is -0.342 e. The number of nitro groups is 1. The lowest BCUT2D eigenvalue weighted by atomic mass is 10.2. The molecule has 1 heterocycles. The summed E-state index contributed by atoms with van der Waals surface area (Å²) in [7, 11) is 0. The fraction of sp³-hybridized carbons (Fsp3) is 0.364. The summed E-state index contributed by atoms with van der Waals surface area (Å²) < 4.78 is 0. The van der Waals surface area contributed by atoms with E-state index in [1.165, 1.54) is 0 Å². The minimum absolute atomic E-state index is 0.0419. The highest BCUT2D eigenvalue weighted by Gasteiger charge is 2.02. The van der Waals surface area contributed by atoms with Crippen molar-refractivity contribution in [2.24, 2.45) is 0 Å². The molecule has 0 atom stereocenters. The molecule has 1 N–H and O–H groups in total. The van der Waals surface area contributed by atoms with Crippen LogP contribution in [0.4, 0.5) is 0 Å². The average molecular weight is 219 g/mol. The van der Waals surface area contributed by atoms with Crippen molar-refractivity contribution in [3.05, 3.63) is 40.2 Å². The van der Waals surface area contributed by atoms with Gasteiger partial charge in [0.1, 0.15) is 5.82 Å². The first kappa shape index (κ1) is 10.6. The average Bonchev–Trinajstić information content (AvgIpc) is 2.66. The van der Waals surface area contributed by atoms with Gasteiger partial charge in [-0.05, 0) is 18.6 Å². The smallest absolute Gasteiger partial charge is 0.203 e. The molecule has 0 amide bonds. The largest absolute Gasteiger partial charge is 0.342 e. The van der Waals surface area contributed by atoms with Crippen LogP contribution in [0.2, 0.25) is 0 Å². The van der Waals surface area contributed by atoms with Gasteiger partial charge in [0.2, 0.25) is 6.54 Å². The van der Waals surface area contributed by atoms with E-state index in [-0.39, 0.29) is 11.5 Å². The van der Waals surface area contributed by atoms with Gasteiger partial charge >= 0.3 is 0 Å². The molecule has 2 aromatic rings. The summed E-state index contributed by atoms with van der Waals surface area (Å²) in [5, 5.41) is 10.1. The van der Waals surface area contributed by atoms with Crippen LogP contribution in [0, 0.1) is 10.1 Å². The van der Waals surface area contributed by atoms with Gasteiger partial charge in [0.15, 0.2) is 0 Å². The fourth-order valence-corrected chi connectivity index (χ4v) is 1.66. The zero-order valence-electron chi connectivity index (χ0n) is 8.85. The first-order valence-electron chi connectivity index (χ1n) is 5.31. The van der Waals surface area contributed by atoms with E-state index in [1.807, 2.05) is 24.3 Å². The molecule has 0 unspecified atom stereocenters. The van der Waals surface area contributed by atoms with Gasteiger partial charge in [0.25, 0.3) is 0 Å². The lowest BCUT2D eigenvalue weighted by Crippen LogP contribution is -2.01. The maximum absolute atomic E-state index is 10.1. The Kier molecular flexibility index (Phi) is 3.14. The summed E-state index contributed by atoms with van der Waals surface area (Å²) in [4.78, 5) is 17.5. The molecule has 5 nitrogen and oxygen atoms in total. The van der Waals surface area contributed by atoms with Gasteiger partial charge in [-0.15, -0.1) is 0 Å². The van der Waals surface area contributed by atoms with Crippen LogP contribution in [0.3, 0.4) is 0 Å². The van der Waals surface area contributed by atoms with Crippen LogP contribution in [-0.2, 0) is 6.42 Å². The van der Waals surface area contributed by atoms with Crippen LogP contribution in [0.1, 0.15) is 18.7 Å². The van der Waals surface area contributed by atoms with Crippen LogP contribution in [0.5, 0.6) is 0 Å². The highest BCUT2D eigenvalue weighted by molar-refractivity contribution is 5.74. The van der Waals surface area contributed by atoms with E-state index >= 15 is 0 Å². The molecule has 84 valence electrons. The summed E-state index contributed by atoms with van der Waals surface area (Å²) >= 11 is 0. The molecular formula is C11H13N3O2. The molecule has 5 heteroatoms. The van der Waals surface area contributed by atoms with Crippen molar-refractivity contribution in [3.8, 4) is 0 Å². The number of aryl methyl sites for hydroxylation is 1. The molecule has 0 radical (unpaired) electrons. The van der Waals surface area contributed by atoms with Crippen LogP contribution in [0.25, 0.3) is 11.0 Å². The van der Waals surface area contributed by atoms with Gasteiger partial charge in [-0.25, -0.2) is 4.98 Å². The van der Waals surface area contributed by atoms with Gasteiger partial charge < -0.3 is 4.98 Å². The van der Waals surface area contributed by atoms with Crippen molar-refractivity contribution < 1.29 is 4.92 Å². The van der Waals surface area contributed by atoms with E-state index in [4.69, 9.17) is 0 Å². The number of aromatic nitrogens is 2. The molecule has 0 fully saturated rings. The summed E-state index contributed by atoms with van der Waals surface area (Å²) in [6.07, 6.45) is 2.16. The van der Waals surface area contributed by atoms with Gasteiger partial charge in [-0.1, -0.05) is 12.1 Å². The van der Waals surface area contributed by atoms with Gasteiger partial charge in [0.05, 0.1) is 11.0 Å². The normalized spacial score (nSPS) is 10.8. The van der Waals surface area contributed by atoms with Crippen LogP contribution in [0.15, 0.2) is 24.3 Å². The molecule has 2 rings (SSSR count). The predicted octanol–water partition coefficient (Wildman–Crippen LogP) is 2.16. The Bertz CT molecular complexity index is 460. The zero-order chi connectivity index (χ0) is 11.4. The number of aromatic amines is 1. The number of hydrogen-bond acceptors (Lipinski definition) is 3. The Labute approximate surface area is 92.7 Å². The topological polar surface area (TPSA) is 71.8 Å². The van der Waals surface area contributed by atoms with E-state index in [2.05, 4.69) is 9.97 Å². The second kappa shape index (κ2) is 4.74. The number of fused-ring (bicyclic) bond motifs is 1. The van der Waals surface area contributed by atoms with Gasteiger partial charge in [-0.2, -0.15) is 0 Å². The number of H-pyrrole nitrogens is 1. The quantitative estimate of drug-likeness (QED) is 0.476.